The highest BCUT2D eigenvalue weighted by Gasteiger charge is 2.44. The second kappa shape index (κ2) is 8.74. The van der Waals surface area contributed by atoms with Gasteiger partial charge in [0.1, 0.15) is 5.60 Å². The molecule has 2 heterocycles. The van der Waals surface area contributed by atoms with Gasteiger partial charge in [0, 0.05) is 23.6 Å². The van der Waals surface area contributed by atoms with Crippen LogP contribution in [0.15, 0.2) is 12.1 Å². The maximum absolute atomic E-state index is 13.4. The molecule has 0 spiro atoms. The van der Waals surface area contributed by atoms with Gasteiger partial charge in [0.05, 0.1) is 21.3 Å². The van der Waals surface area contributed by atoms with Gasteiger partial charge in [0.2, 0.25) is 5.75 Å². The molecule has 1 aromatic carbocycles. The van der Waals surface area contributed by atoms with E-state index in [0.717, 1.165) is 19.3 Å². The third-order valence-corrected chi connectivity index (χ3v) is 5.90. The monoisotopic (exact) mass is 419 g/mol. The summed E-state index contributed by atoms with van der Waals surface area (Å²) in [6.07, 6.45) is 3.88. The fourth-order valence-corrected chi connectivity index (χ4v) is 4.67. The number of benzene rings is 1. The number of Topliss-reactive ketones (excluding diaryl/α,β-unsaturated/α-hetero) is 1. The Hall–Kier alpha value is -2.44. The molecular weight excluding hydrogens is 386 g/mol. The second-order valence-electron chi connectivity index (χ2n) is 9.07. The van der Waals surface area contributed by atoms with Crippen molar-refractivity contribution in [2.24, 2.45) is 5.92 Å². The van der Waals surface area contributed by atoms with E-state index in [9.17, 15) is 9.59 Å². The van der Waals surface area contributed by atoms with Crippen LogP contribution in [0.3, 0.4) is 0 Å². The number of hydrogen-bond donors (Lipinski definition) is 0. The molecular formula is C23H33NO6. The Labute approximate surface area is 178 Å². The number of piperidine rings is 2. The van der Waals surface area contributed by atoms with Gasteiger partial charge in [0.25, 0.3) is 0 Å². The number of hydrogen-bond acceptors (Lipinski definition) is 6. The zero-order valence-corrected chi connectivity index (χ0v) is 18.8. The third kappa shape index (κ3) is 4.50. The van der Waals surface area contributed by atoms with Crippen LogP contribution >= 0.6 is 0 Å². The van der Waals surface area contributed by atoms with Crippen LogP contribution in [0.1, 0.15) is 63.2 Å². The minimum absolute atomic E-state index is 0.0309. The Balaban J connectivity index is 1.82. The first-order valence-electron chi connectivity index (χ1n) is 10.5. The van der Waals surface area contributed by atoms with Crippen molar-refractivity contribution in [2.75, 3.05) is 21.3 Å². The molecule has 0 radical (unpaired) electrons. The number of methoxy groups -OCH3 is 3. The van der Waals surface area contributed by atoms with Gasteiger partial charge in [0.15, 0.2) is 17.3 Å². The van der Waals surface area contributed by atoms with E-state index >= 15 is 0 Å². The van der Waals surface area contributed by atoms with E-state index < -0.39 is 5.60 Å². The van der Waals surface area contributed by atoms with Gasteiger partial charge < -0.3 is 23.8 Å². The first-order valence-corrected chi connectivity index (χ1v) is 10.5. The maximum atomic E-state index is 13.4. The van der Waals surface area contributed by atoms with Gasteiger partial charge in [-0.25, -0.2) is 4.79 Å². The molecule has 1 aromatic rings. The fourth-order valence-electron chi connectivity index (χ4n) is 4.67. The van der Waals surface area contributed by atoms with E-state index in [0.29, 0.717) is 35.7 Å². The average molecular weight is 420 g/mol. The number of rotatable bonds is 5. The predicted molar refractivity (Wildman–Crippen MR) is 113 cm³/mol. The normalized spacial score (nSPS) is 23.5. The van der Waals surface area contributed by atoms with Gasteiger partial charge in [-0.1, -0.05) is 0 Å². The highest BCUT2D eigenvalue weighted by atomic mass is 16.6. The van der Waals surface area contributed by atoms with Gasteiger partial charge in [-0.2, -0.15) is 0 Å². The van der Waals surface area contributed by atoms with Crippen molar-refractivity contribution in [2.45, 2.75) is 70.6 Å². The number of ether oxygens (including phenoxy) is 4. The summed E-state index contributed by atoms with van der Waals surface area (Å²) in [5.41, 5.74) is 0.00660. The maximum Gasteiger partial charge on any atom is 0.410 e. The number of amides is 1. The molecule has 7 heteroatoms. The van der Waals surface area contributed by atoms with Crippen LogP contribution in [0.2, 0.25) is 0 Å². The summed E-state index contributed by atoms with van der Waals surface area (Å²) < 4.78 is 21.8. The van der Waals surface area contributed by atoms with Crippen LogP contribution in [-0.2, 0) is 4.74 Å². The number of fused-ring (bicyclic) bond motifs is 2. The number of nitrogens with zero attached hydrogens (tertiary/aromatic N) is 1. The summed E-state index contributed by atoms with van der Waals surface area (Å²) in [7, 11) is 4.61. The van der Waals surface area contributed by atoms with E-state index in [1.54, 1.807) is 12.1 Å². The van der Waals surface area contributed by atoms with Crippen molar-refractivity contribution in [3.63, 3.8) is 0 Å². The molecule has 30 heavy (non-hydrogen) atoms. The zero-order chi connectivity index (χ0) is 22.1. The Morgan fingerprint density at radius 2 is 1.47 bits per heavy atom. The minimum Gasteiger partial charge on any atom is -0.493 e. The third-order valence-electron chi connectivity index (χ3n) is 5.90. The lowest BCUT2D eigenvalue weighted by Gasteiger charge is -2.48. The van der Waals surface area contributed by atoms with Crippen molar-refractivity contribution in [3.8, 4) is 17.2 Å². The Morgan fingerprint density at radius 1 is 0.933 bits per heavy atom. The summed E-state index contributed by atoms with van der Waals surface area (Å²) in [6, 6.07) is 3.48. The van der Waals surface area contributed by atoms with Crippen LogP contribution < -0.4 is 14.2 Å². The van der Waals surface area contributed by atoms with Crippen LogP contribution in [0.25, 0.3) is 0 Å². The molecule has 2 bridgehead atoms. The number of carbonyl (C=O) groups excluding carboxylic acids is 2. The standard InChI is InChI=1S/C23H33NO6/c1-23(2,3)30-22(26)24-16-8-7-9-17(24)11-14(10-16)20(25)15-12-18(27-4)21(29-6)19(13-15)28-5/h12-14,16-17H,7-11H2,1-6H3. The van der Waals surface area contributed by atoms with E-state index in [-0.39, 0.29) is 29.9 Å². The van der Waals surface area contributed by atoms with E-state index in [1.165, 1.54) is 21.3 Å². The smallest absolute Gasteiger partial charge is 0.410 e. The Bertz CT molecular complexity index is 760. The van der Waals surface area contributed by atoms with Gasteiger partial charge >= 0.3 is 6.09 Å². The summed E-state index contributed by atoms with van der Waals surface area (Å²) in [5, 5.41) is 0. The van der Waals surface area contributed by atoms with Crippen LogP contribution in [0.4, 0.5) is 4.79 Å². The lowest BCUT2D eigenvalue weighted by Crippen LogP contribution is -2.56. The lowest BCUT2D eigenvalue weighted by molar-refractivity contribution is -0.0260. The minimum atomic E-state index is -0.533. The van der Waals surface area contributed by atoms with Crippen molar-refractivity contribution < 1.29 is 28.5 Å². The molecule has 0 saturated carbocycles. The van der Waals surface area contributed by atoms with Crippen molar-refractivity contribution in [3.05, 3.63) is 17.7 Å². The molecule has 2 unspecified atom stereocenters. The van der Waals surface area contributed by atoms with Crippen LogP contribution in [-0.4, -0.2) is 55.8 Å². The molecule has 2 atom stereocenters. The van der Waals surface area contributed by atoms with Crippen molar-refractivity contribution >= 4 is 11.9 Å². The Morgan fingerprint density at radius 3 is 1.90 bits per heavy atom. The highest BCUT2D eigenvalue weighted by Crippen LogP contribution is 2.42. The molecule has 2 aliphatic heterocycles. The molecule has 2 aliphatic rings. The molecule has 7 nitrogen and oxygen atoms in total. The van der Waals surface area contributed by atoms with E-state index in [2.05, 4.69) is 0 Å². The molecule has 2 fully saturated rings. The summed E-state index contributed by atoms with van der Waals surface area (Å²) in [4.78, 5) is 28.1. The molecule has 3 rings (SSSR count). The van der Waals surface area contributed by atoms with Gasteiger partial charge in [-0.05, 0) is 65.0 Å². The van der Waals surface area contributed by atoms with Crippen molar-refractivity contribution in [1.82, 2.24) is 4.90 Å². The SMILES string of the molecule is COc1cc(C(=O)C2CC3CCCC(C2)N3C(=O)OC(C)(C)C)cc(OC)c1OC. The zero-order valence-electron chi connectivity index (χ0n) is 18.8. The largest absolute Gasteiger partial charge is 0.493 e. The fraction of sp³-hybridized carbons (Fsp3) is 0.652. The van der Waals surface area contributed by atoms with E-state index in [4.69, 9.17) is 18.9 Å². The van der Waals surface area contributed by atoms with Gasteiger partial charge in [-0.15, -0.1) is 0 Å². The molecule has 2 saturated heterocycles. The molecule has 166 valence electrons. The second-order valence-corrected chi connectivity index (χ2v) is 9.07. The van der Waals surface area contributed by atoms with Crippen molar-refractivity contribution in [1.29, 1.82) is 0 Å². The quantitative estimate of drug-likeness (QED) is 0.656. The Kier molecular flexibility index (Phi) is 6.48. The first kappa shape index (κ1) is 22.2. The molecule has 1 amide bonds. The summed E-state index contributed by atoms with van der Waals surface area (Å²) >= 11 is 0. The van der Waals surface area contributed by atoms with E-state index in [1.807, 2.05) is 25.7 Å². The number of carbonyl (C=O) groups is 2. The molecule has 0 aromatic heterocycles. The predicted octanol–water partition coefficient (Wildman–Crippen LogP) is 4.46. The summed E-state index contributed by atoms with van der Waals surface area (Å²) in [5.74, 6) is 1.29. The highest BCUT2D eigenvalue weighted by molar-refractivity contribution is 5.99. The molecule has 0 aliphatic carbocycles. The topological polar surface area (TPSA) is 74.3 Å². The lowest BCUT2D eigenvalue weighted by atomic mass is 9.76. The number of ketones is 1. The molecule has 0 N–H and O–H groups in total. The summed E-state index contributed by atoms with van der Waals surface area (Å²) in [6.45, 7) is 5.63. The van der Waals surface area contributed by atoms with Gasteiger partial charge in [-0.3, -0.25) is 4.79 Å². The first-order chi connectivity index (χ1) is 14.2. The van der Waals surface area contributed by atoms with Crippen LogP contribution in [0, 0.1) is 5.92 Å². The average Bonchev–Trinajstić information content (AvgIpc) is 2.69. The van der Waals surface area contributed by atoms with Crippen LogP contribution in [0.5, 0.6) is 17.2 Å².